The molecule has 1 fully saturated rings. The fourth-order valence-electron chi connectivity index (χ4n) is 1.90. The minimum atomic E-state index is -0.132. The third kappa shape index (κ3) is 2.70. The number of hydrogen-bond donors (Lipinski definition) is 2. The van der Waals surface area contributed by atoms with Crippen molar-refractivity contribution in [2.75, 3.05) is 11.9 Å². The lowest BCUT2D eigenvalue weighted by atomic mass is 10.0. The lowest BCUT2D eigenvalue weighted by Crippen LogP contribution is -2.27. The quantitative estimate of drug-likeness (QED) is 0.853. The molecule has 1 aromatic carbocycles. The number of phenols is 1. The van der Waals surface area contributed by atoms with Crippen LogP contribution < -0.4 is 5.32 Å². The number of rotatable bonds is 2. The van der Waals surface area contributed by atoms with Crippen LogP contribution in [0.1, 0.15) is 13.3 Å². The Hall–Kier alpha value is -1.26. The molecule has 5 heteroatoms. The molecule has 0 aromatic heterocycles. The van der Waals surface area contributed by atoms with Gasteiger partial charge in [0.2, 0.25) is 5.91 Å². The number of phenolic OH excluding ortho intramolecular Hbond substituents is 1. The molecule has 0 spiro atoms. The molecule has 92 valence electrons. The molecule has 0 bridgehead atoms. The van der Waals surface area contributed by atoms with Gasteiger partial charge in [-0.05, 0) is 25.5 Å². The van der Waals surface area contributed by atoms with Crippen LogP contribution in [0, 0.1) is 5.92 Å². The van der Waals surface area contributed by atoms with E-state index < -0.39 is 0 Å². The normalized spacial score (nSPS) is 23.6. The monoisotopic (exact) mass is 255 g/mol. The Morgan fingerprint density at radius 2 is 2.35 bits per heavy atom. The number of aromatic hydroxyl groups is 1. The van der Waals surface area contributed by atoms with Gasteiger partial charge in [0.15, 0.2) is 0 Å². The van der Waals surface area contributed by atoms with Gasteiger partial charge in [-0.3, -0.25) is 4.79 Å². The second kappa shape index (κ2) is 4.94. The van der Waals surface area contributed by atoms with E-state index in [1.807, 2.05) is 6.92 Å². The van der Waals surface area contributed by atoms with Crippen molar-refractivity contribution in [3.05, 3.63) is 23.2 Å². The van der Waals surface area contributed by atoms with E-state index in [0.717, 1.165) is 6.42 Å². The Balaban J connectivity index is 2.05. The minimum Gasteiger partial charge on any atom is -0.506 e. The van der Waals surface area contributed by atoms with E-state index in [4.69, 9.17) is 16.3 Å². The third-order valence-electron chi connectivity index (χ3n) is 2.93. The lowest BCUT2D eigenvalue weighted by molar-refractivity contribution is -0.121. The first-order chi connectivity index (χ1) is 8.08. The van der Waals surface area contributed by atoms with Gasteiger partial charge in [0.25, 0.3) is 0 Å². The van der Waals surface area contributed by atoms with E-state index in [9.17, 15) is 9.90 Å². The Bertz CT molecular complexity index is 436. The van der Waals surface area contributed by atoms with E-state index in [1.165, 1.54) is 6.07 Å². The Morgan fingerprint density at radius 3 is 2.94 bits per heavy atom. The maximum atomic E-state index is 11.9. The second-order valence-electron chi connectivity index (χ2n) is 4.13. The Morgan fingerprint density at radius 1 is 1.59 bits per heavy atom. The molecule has 17 heavy (non-hydrogen) atoms. The van der Waals surface area contributed by atoms with Crippen molar-refractivity contribution in [2.45, 2.75) is 19.4 Å². The van der Waals surface area contributed by atoms with E-state index in [-0.39, 0.29) is 28.7 Å². The number of carbonyl (C=O) groups is 1. The summed E-state index contributed by atoms with van der Waals surface area (Å²) in [5, 5.41) is 12.4. The Labute approximate surface area is 105 Å². The van der Waals surface area contributed by atoms with E-state index >= 15 is 0 Å². The van der Waals surface area contributed by atoms with E-state index in [1.54, 1.807) is 12.1 Å². The second-order valence-corrected chi connectivity index (χ2v) is 4.53. The fraction of sp³-hybridized carbons (Fsp3) is 0.417. The van der Waals surface area contributed by atoms with Crippen molar-refractivity contribution in [1.82, 2.24) is 0 Å². The molecule has 1 amide bonds. The average molecular weight is 256 g/mol. The smallest absolute Gasteiger partial charge is 0.230 e. The van der Waals surface area contributed by atoms with Crippen LogP contribution in [0.2, 0.25) is 5.02 Å². The molecule has 2 rings (SSSR count). The summed E-state index contributed by atoms with van der Waals surface area (Å²) >= 11 is 5.68. The maximum Gasteiger partial charge on any atom is 0.230 e. The van der Waals surface area contributed by atoms with Gasteiger partial charge in [-0.15, -0.1) is 0 Å². The van der Waals surface area contributed by atoms with Gasteiger partial charge in [-0.1, -0.05) is 11.6 Å². The summed E-state index contributed by atoms with van der Waals surface area (Å²) in [6.45, 7) is 2.50. The highest BCUT2D eigenvalue weighted by Gasteiger charge is 2.30. The predicted molar refractivity (Wildman–Crippen MR) is 65.3 cm³/mol. The fourth-order valence-corrected chi connectivity index (χ4v) is 2.02. The highest BCUT2D eigenvalue weighted by atomic mass is 35.5. The first-order valence-corrected chi connectivity index (χ1v) is 5.86. The van der Waals surface area contributed by atoms with Crippen LogP contribution in [0.3, 0.4) is 0 Å². The third-order valence-corrected chi connectivity index (χ3v) is 3.25. The summed E-state index contributed by atoms with van der Waals surface area (Å²) in [7, 11) is 0. The zero-order valence-corrected chi connectivity index (χ0v) is 10.2. The van der Waals surface area contributed by atoms with Crippen molar-refractivity contribution in [3.8, 4) is 5.75 Å². The molecule has 0 aliphatic carbocycles. The van der Waals surface area contributed by atoms with Crippen LogP contribution in [0.15, 0.2) is 18.2 Å². The zero-order valence-electron chi connectivity index (χ0n) is 9.44. The summed E-state index contributed by atoms with van der Waals surface area (Å²) in [4.78, 5) is 11.9. The molecule has 2 unspecified atom stereocenters. The van der Waals surface area contributed by atoms with Gasteiger partial charge in [0.05, 0.1) is 17.0 Å². The molecule has 0 saturated carbocycles. The number of anilines is 1. The topological polar surface area (TPSA) is 58.6 Å². The molecular formula is C12H14ClNO3. The molecule has 2 atom stereocenters. The highest BCUT2D eigenvalue weighted by Crippen LogP contribution is 2.27. The first-order valence-electron chi connectivity index (χ1n) is 5.49. The lowest BCUT2D eigenvalue weighted by Gasteiger charge is -2.14. The van der Waals surface area contributed by atoms with E-state index in [2.05, 4.69) is 5.32 Å². The molecule has 1 aliphatic rings. The molecular weight excluding hydrogens is 242 g/mol. The van der Waals surface area contributed by atoms with Crippen LogP contribution in [0.25, 0.3) is 0 Å². The van der Waals surface area contributed by atoms with Crippen LogP contribution >= 0.6 is 11.6 Å². The first kappa shape index (κ1) is 12.2. The van der Waals surface area contributed by atoms with Gasteiger partial charge in [0, 0.05) is 18.4 Å². The number of amides is 1. The standard InChI is InChI=1S/C12H14ClNO3/c1-7-9(4-5-17-7)12(16)14-8-2-3-10(13)11(15)6-8/h2-3,6-7,9,15H,4-5H2,1H3,(H,14,16). The van der Waals surface area contributed by atoms with Crippen LogP contribution in [0.5, 0.6) is 5.75 Å². The Kier molecular flexibility index (Phi) is 3.54. The average Bonchev–Trinajstić information content (AvgIpc) is 2.70. The summed E-state index contributed by atoms with van der Waals surface area (Å²) in [5.74, 6) is -0.260. The zero-order chi connectivity index (χ0) is 12.4. The van der Waals surface area contributed by atoms with Crippen LogP contribution in [-0.2, 0) is 9.53 Å². The van der Waals surface area contributed by atoms with Crippen molar-refractivity contribution in [2.24, 2.45) is 5.92 Å². The maximum absolute atomic E-state index is 11.9. The molecule has 2 N–H and O–H groups in total. The largest absolute Gasteiger partial charge is 0.506 e. The molecule has 4 nitrogen and oxygen atoms in total. The number of hydrogen-bond acceptors (Lipinski definition) is 3. The van der Waals surface area contributed by atoms with Crippen LogP contribution in [-0.4, -0.2) is 23.7 Å². The van der Waals surface area contributed by atoms with Gasteiger partial charge in [-0.25, -0.2) is 0 Å². The number of benzene rings is 1. The van der Waals surface area contributed by atoms with Gasteiger partial charge < -0.3 is 15.2 Å². The summed E-state index contributed by atoms with van der Waals surface area (Å²) in [5.41, 5.74) is 0.538. The SMILES string of the molecule is CC1OCCC1C(=O)Nc1ccc(Cl)c(O)c1. The van der Waals surface area contributed by atoms with Gasteiger partial charge >= 0.3 is 0 Å². The molecule has 1 aliphatic heterocycles. The number of ether oxygens (including phenoxy) is 1. The van der Waals surface area contributed by atoms with Crippen molar-refractivity contribution >= 4 is 23.2 Å². The highest BCUT2D eigenvalue weighted by molar-refractivity contribution is 6.32. The van der Waals surface area contributed by atoms with Crippen molar-refractivity contribution < 1.29 is 14.6 Å². The summed E-state index contributed by atoms with van der Waals surface area (Å²) in [6, 6.07) is 4.63. The number of halogens is 1. The number of nitrogens with one attached hydrogen (secondary N) is 1. The molecule has 0 radical (unpaired) electrons. The minimum absolute atomic E-state index is 0.0415. The molecule has 1 aromatic rings. The predicted octanol–water partition coefficient (Wildman–Crippen LogP) is 2.41. The van der Waals surface area contributed by atoms with Gasteiger partial charge in [-0.2, -0.15) is 0 Å². The van der Waals surface area contributed by atoms with E-state index in [0.29, 0.717) is 12.3 Å². The summed E-state index contributed by atoms with van der Waals surface area (Å²) < 4.78 is 5.34. The van der Waals surface area contributed by atoms with Crippen LogP contribution in [0.4, 0.5) is 5.69 Å². The number of carbonyl (C=O) groups excluding carboxylic acids is 1. The summed E-state index contributed by atoms with van der Waals surface area (Å²) in [6.07, 6.45) is 0.669. The van der Waals surface area contributed by atoms with Gasteiger partial charge in [0.1, 0.15) is 5.75 Å². The molecule has 1 saturated heterocycles. The van der Waals surface area contributed by atoms with Crippen molar-refractivity contribution in [1.29, 1.82) is 0 Å². The van der Waals surface area contributed by atoms with Crippen molar-refractivity contribution in [3.63, 3.8) is 0 Å². The molecule has 1 heterocycles.